The van der Waals surface area contributed by atoms with Crippen molar-refractivity contribution in [3.05, 3.63) is 59.7 Å². The summed E-state index contributed by atoms with van der Waals surface area (Å²) in [7, 11) is 0. The average Bonchev–Trinajstić information content (AvgIpc) is 2.59. The third kappa shape index (κ3) is 5.24. The van der Waals surface area contributed by atoms with Crippen LogP contribution in [-0.4, -0.2) is 12.0 Å². The first-order valence-electron chi connectivity index (χ1n) is 8.07. The molecule has 3 nitrogen and oxygen atoms in total. The van der Waals surface area contributed by atoms with E-state index in [1.54, 1.807) is 19.1 Å². The summed E-state index contributed by atoms with van der Waals surface area (Å²) >= 11 is 0. The Morgan fingerprint density at radius 3 is 2.12 bits per heavy atom. The molecule has 0 unspecified atom stereocenters. The van der Waals surface area contributed by atoms with Gasteiger partial charge in [-0.05, 0) is 54.8 Å². The van der Waals surface area contributed by atoms with Gasteiger partial charge in [0.15, 0.2) is 6.10 Å². The van der Waals surface area contributed by atoms with Gasteiger partial charge >= 0.3 is 6.18 Å². The van der Waals surface area contributed by atoms with Crippen molar-refractivity contribution in [3.63, 3.8) is 0 Å². The highest BCUT2D eigenvalue weighted by Gasteiger charge is 2.30. The van der Waals surface area contributed by atoms with Crippen molar-refractivity contribution in [3.8, 4) is 5.75 Å². The maximum Gasteiger partial charge on any atom is 0.416 e. The van der Waals surface area contributed by atoms with E-state index < -0.39 is 23.8 Å². The Bertz CT molecular complexity index is 694. The maximum absolute atomic E-state index is 12.6. The van der Waals surface area contributed by atoms with Crippen molar-refractivity contribution in [2.75, 3.05) is 5.32 Å². The van der Waals surface area contributed by atoms with E-state index in [0.717, 1.165) is 24.1 Å². The fourth-order valence-corrected chi connectivity index (χ4v) is 2.26. The van der Waals surface area contributed by atoms with E-state index in [4.69, 9.17) is 4.74 Å². The van der Waals surface area contributed by atoms with Gasteiger partial charge in [-0.25, -0.2) is 0 Å². The van der Waals surface area contributed by atoms with E-state index in [0.29, 0.717) is 17.9 Å². The molecule has 0 aromatic heterocycles. The number of ether oxygens (including phenoxy) is 1. The van der Waals surface area contributed by atoms with Crippen molar-refractivity contribution in [1.82, 2.24) is 0 Å². The summed E-state index contributed by atoms with van der Waals surface area (Å²) in [5.74, 6) is 0.174. The van der Waals surface area contributed by atoms with Crippen LogP contribution < -0.4 is 10.1 Å². The Balaban J connectivity index is 2.01. The lowest BCUT2D eigenvalue weighted by atomic mass is 10.1. The van der Waals surface area contributed by atoms with Crippen molar-refractivity contribution in [2.45, 2.75) is 39.0 Å². The highest BCUT2D eigenvalue weighted by atomic mass is 19.4. The molecule has 0 bridgehead atoms. The normalized spacial score (nSPS) is 12.5. The molecular formula is C19H20F3NO2. The first-order chi connectivity index (χ1) is 11.8. The van der Waals surface area contributed by atoms with Gasteiger partial charge in [0.1, 0.15) is 5.75 Å². The van der Waals surface area contributed by atoms with Crippen molar-refractivity contribution in [2.24, 2.45) is 0 Å². The second kappa shape index (κ2) is 8.05. The van der Waals surface area contributed by atoms with Gasteiger partial charge in [0.25, 0.3) is 5.91 Å². The third-order valence-electron chi connectivity index (χ3n) is 3.75. The number of hydrogen-bond acceptors (Lipinski definition) is 2. The highest BCUT2D eigenvalue weighted by Crippen LogP contribution is 2.29. The Hall–Kier alpha value is -2.50. The molecule has 0 radical (unpaired) electrons. The van der Waals surface area contributed by atoms with Crippen LogP contribution in [0.15, 0.2) is 48.5 Å². The average molecular weight is 351 g/mol. The van der Waals surface area contributed by atoms with E-state index in [-0.39, 0.29) is 0 Å². The quantitative estimate of drug-likeness (QED) is 0.790. The number of carbonyl (C=O) groups excluding carboxylic acids is 1. The van der Waals surface area contributed by atoms with Gasteiger partial charge in [-0.3, -0.25) is 4.79 Å². The van der Waals surface area contributed by atoms with Gasteiger partial charge in [-0.1, -0.05) is 26.0 Å². The summed E-state index contributed by atoms with van der Waals surface area (Å²) in [5, 5.41) is 2.58. The molecule has 2 rings (SSSR count). The van der Waals surface area contributed by atoms with Crippen LogP contribution in [0.25, 0.3) is 0 Å². The summed E-state index contributed by atoms with van der Waals surface area (Å²) in [6, 6.07) is 11.8. The zero-order chi connectivity index (χ0) is 18.4. The van der Waals surface area contributed by atoms with E-state index in [9.17, 15) is 18.0 Å². The van der Waals surface area contributed by atoms with Gasteiger partial charge in [0.05, 0.1) is 5.56 Å². The van der Waals surface area contributed by atoms with Crippen molar-refractivity contribution >= 4 is 11.6 Å². The van der Waals surface area contributed by atoms with Crippen LogP contribution in [0.5, 0.6) is 5.75 Å². The molecule has 2 aromatic rings. The summed E-state index contributed by atoms with van der Waals surface area (Å²) in [6.07, 6.45) is -3.79. The summed E-state index contributed by atoms with van der Waals surface area (Å²) < 4.78 is 43.3. The highest BCUT2D eigenvalue weighted by molar-refractivity contribution is 5.94. The van der Waals surface area contributed by atoms with Gasteiger partial charge in [-0.2, -0.15) is 13.2 Å². The van der Waals surface area contributed by atoms with Crippen LogP contribution >= 0.6 is 0 Å². The Morgan fingerprint density at radius 1 is 1.04 bits per heavy atom. The number of carbonyl (C=O) groups is 1. The van der Waals surface area contributed by atoms with Crippen molar-refractivity contribution in [1.29, 1.82) is 0 Å². The lowest BCUT2D eigenvalue weighted by Crippen LogP contribution is -2.32. The van der Waals surface area contributed by atoms with Gasteiger partial charge in [0.2, 0.25) is 0 Å². The van der Waals surface area contributed by atoms with E-state index in [2.05, 4.69) is 5.32 Å². The molecule has 0 spiro atoms. The number of benzene rings is 2. The minimum absolute atomic E-state index is 0.293. The van der Waals surface area contributed by atoms with Gasteiger partial charge in [0, 0.05) is 5.69 Å². The molecule has 2 aromatic carbocycles. The molecule has 0 heterocycles. The predicted octanol–water partition coefficient (Wildman–Crippen LogP) is 5.06. The molecule has 1 amide bonds. The second-order valence-electron chi connectivity index (χ2n) is 5.58. The number of amides is 1. The largest absolute Gasteiger partial charge is 0.481 e. The molecule has 25 heavy (non-hydrogen) atoms. The summed E-state index contributed by atoms with van der Waals surface area (Å²) in [5.41, 5.74) is 0.695. The number of rotatable bonds is 6. The van der Waals surface area contributed by atoms with Crippen LogP contribution in [0, 0.1) is 0 Å². The van der Waals surface area contributed by atoms with Crippen LogP contribution in [0.3, 0.4) is 0 Å². The number of anilines is 1. The van der Waals surface area contributed by atoms with E-state index in [1.165, 1.54) is 12.1 Å². The minimum Gasteiger partial charge on any atom is -0.481 e. The molecule has 6 heteroatoms. The molecule has 0 aliphatic carbocycles. The zero-order valence-corrected chi connectivity index (χ0v) is 14.1. The Morgan fingerprint density at radius 2 is 1.64 bits per heavy atom. The van der Waals surface area contributed by atoms with Crippen LogP contribution in [0.4, 0.5) is 18.9 Å². The minimum atomic E-state index is -4.40. The number of halogens is 3. The number of nitrogens with one attached hydrogen (secondary N) is 1. The smallest absolute Gasteiger partial charge is 0.416 e. The van der Waals surface area contributed by atoms with Crippen LogP contribution in [0.2, 0.25) is 0 Å². The zero-order valence-electron chi connectivity index (χ0n) is 14.1. The molecule has 0 aliphatic rings. The first kappa shape index (κ1) is 18.8. The molecule has 0 saturated heterocycles. The van der Waals surface area contributed by atoms with Gasteiger partial charge in [-0.15, -0.1) is 0 Å². The summed E-state index contributed by atoms with van der Waals surface area (Å²) in [4.78, 5) is 12.3. The molecule has 1 atom stereocenters. The van der Waals surface area contributed by atoms with Gasteiger partial charge < -0.3 is 10.1 Å². The Kier molecular flexibility index (Phi) is 6.07. The van der Waals surface area contributed by atoms with E-state index in [1.807, 2.05) is 19.1 Å². The molecule has 1 N–H and O–H groups in total. The third-order valence-corrected chi connectivity index (χ3v) is 3.75. The maximum atomic E-state index is 12.6. The first-order valence-corrected chi connectivity index (χ1v) is 8.07. The molecular weight excluding hydrogens is 331 g/mol. The predicted molar refractivity (Wildman–Crippen MR) is 90.6 cm³/mol. The molecule has 0 saturated carbocycles. The number of alkyl halides is 3. The monoisotopic (exact) mass is 351 g/mol. The lowest BCUT2D eigenvalue weighted by Gasteiger charge is -2.18. The summed E-state index contributed by atoms with van der Waals surface area (Å²) in [6.45, 7) is 3.85. The fourth-order valence-electron chi connectivity index (χ4n) is 2.26. The van der Waals surface area contributed by atoms with E-state index >= 15 is 0 Å². The fraction of sp³-hybridized carbons (Fsp3) is 0.316. The molecule has 0 fully saturated rings. The lowest BCUT2D eigenvalue weighted by molar-refractivity contribution is -0.137. The van der Waals surface area contributed by atoms with Crippen LogP contribution in [-0.2, 0) is 17.4 Å². The standard InChI is InChI=1S/C19H20F3NO2/c1-3-13-5-11-16(12-6-13)25-17(4-2)18(24)23-15-9-7-14(8-10-15)19(20,21)22/h5-12,17H,3-4H2,1-2H3,(H,23,24)/t17-/m0/s1. The topological polar surface area (TPSA) is 38.3 Å². The van der Waals surface area contributed by atoms with Crippen LogP contribution in [0.1, 0.15) is 31.4 Å². The SMILES string of the molecule is CCc1ccc(O[C@@H](CC)C(=O)Nc2ccc(C(F)(F)F)cc2)cc1. The second-order valence-corrected chi connectivity index (χ2v) is 5.58. The molecule has 0 aliphatic heterocycles. The number of hydrogen-bond donors (Lipinski definition) is 1. The number of aryl methyl sites for hydroxylation is 1. The molecule has 134 valence electrons. The Labute approximate surface area is 144 Å². The van der Waals surface area contributed by atoms with Crippen molar-refractivity contribution < 1.29 is 22.7 Å².